The Morgan fingerprint density at radius 2 is 1.93 bits per heavy atom. The molecule has 0 spiro atoms. The van der Waals surface area contributed by atoms with Crippen LogP contribution in [0.2, 0.25) is 0 Å². The summed E-state index contributed by atoms with van der Waals surface area (Å²) in [4.78, 5) is 51.3. The number of fused-ring (bicyclic) bond motifs is 1. The zero-order valence-corrected chi connectivity index (χ0v) is 23.3. The number of imidazole rings is 1. The molecule has 1 N–H and O–H groups in total. The predicted molar refractivity (Wildman–Crippen MR) is 146 cm³/mol. The molecule has 2 atom stereocenters. The summed E-state index contributed by atoms with van der Waals surface area (Å²) in [6.07, 6.45) is 4.73. The number of morpholine rings is 1. The van der Waals surface area contributed by atoms with Gasteiger partial charge in [-0.05, 0) is 31.5 Å². The third-order valence-electron chi connectivity index (χ3n) is 6.63. The first kappa shape index (κ1) is 27.5. The summed E-state index contributed by atoms with van der Waals surface area (Å²) in [6, 6.07) is 4.05. The molecule has 3 aromatic heterocycles. The quantitative estimate of drug-likeness (QED) is 0.379. The third-order valence-corrected chi connectivity index (χ3v) is 7.64. The van der Waals surface area contributed by atoms with Crippen molar-refractivity contribution >= 4 is 28.9 Å². The molecule has 0 saturated carbocycles. The van der Waals surface area contributed by atoms with Gasteiger partial charge < -0.3 is 24.2 Å². The average molecular weight is 569 g/mol. The molecule has 1 fully saturated rings. The number of hydrogen-bond acceptors (Lipinski definition) is 8. The first-order valence-corrected chi connectivity index (χ1v) is 13.5. The third kappa shape index (κ3) is 5.34. The number of amides is 2. The van der Waals surface area contributed by atoms with Gasteiger partial charge in [-0.3, -0.25) is 14.4 Å². The highest BCUT2D eigenvalue weighted by atomic mass is 32.1. The van der Waals surface area contributed by atoms with Crippen molar-refractivity contribution in [2.24, 2.45) is 0 Å². The van der Waals surface area contributed by atoms with Gasteiger partial charge in [0.05, 0.1) is 12.2 Å². The van der Waals surface area contributed by atoms with Gasteiger partial charge in [0.25, 0.3) is 5.91 Å². The van der Waals surface area contributed by atoms with Gasteiger partial charge in [-0.2, -0.15) is 0 Å². The zero-order chi connectivity index (χ0) is 28.7. The van der Waals surface area contributed by atoms with E-state index in [1.807, 2.05) is 13.8 Å². The van der Waals surface area contributed by atoms with Gasteiger partial charge in [0.2, 0.25) is 17.4 Å². The van der Waals surface area contributed by atoms with Crippen LogP contribution in [0.3, 0.4) is 0 Å². The first-order valence-electron chi connectivity index (χ1n) is 12.7. The minimum atomic E-state index is -0.686. The molecule has 2 unspecified atom stereocenters. The number of aromatic nitrogens is 4. The lowest BCUT2D eigenvalue weighted by Crippen LogP contribution is -2.49. The number of aromatic hydroxyl groups is 1. The number of rotatable bonds is 6. The molecule has 210 valence electrons. The molecule has 0 radical (unpaired) electrons. The number of halogens is 1. The summed E-state index contributed by atoms with van der Waals surface area (Å²) in [5.41, 5.74) is 0.161. The minimum Gasteiger partial charge on any atom is -0.501 e. The van der Waals surface area contributed by atoms with Crippen LogP contribution >= 0.6 is 11.3 Å². The summed E-state index contributed by atoms with van der Waals surface area (Å²) in [6.45, 7) is 4.73. The van der Waals surface area contributed by atoms with Crippen LogP contribution in [0.25, 0.3) is 16.5 Å². The van der Waals surface area contributed by atoms with E-state index in [0.717, 1.165) is 4.88 Å². The van der Waals surface area contributed by atoms with Gasteiger partial charge in [0.15, 0.2) is 5.69 Å². The first-order chi connectivity index (χ1) is 19.0. The van der Waals surface area contributed by atoms with Crippen LogP contribution in [0.1, 0.15) is 34.6 Å². The summed E-state index contributed by atoms with van der Waals surface area (Å²) < 4.78 is 22.3. The van der Waals surface area contributed by atoms with Crippen LogP contribution in [-0.4, -0.2) is 85.0 Å². The Balaban J connectivity index is 1.44. The van der Waals surface area contributed by atoms with E-state index in [-0.39, 0.29) is 54.0 Å². The molecule has 2 amide bonds. The number of carbonyl (C=O) groups is 2. The van der Waals surface area contributed by atoms with Crippen molar-refractivity contribution in [1.82, 2.24) is 28.7 Å². The predicted octanol–water partition coefficient (Wildman–Crippen LogP) is 2.39. The van der Waals surface area contributed by atoms with Crippen LogP contribution in [0, 0.1) is 5.82 Å². The lowest BCUT2D eigenvalue weighted by atomic mass is 10.0. The molecular weight excluding hydrogens is 539 g/mol. The minimum absolute atomic E-state index is 0.00837. The molecule has 40 heavy (non-hydrogen) atoms. The molecule has 1 aliphatic rings. The second kappa shape index (κ2) is 10.8. The van der Waals surface area contributed by atoms with Crippen LogP contribution < -0.4 is 5.56 Å². The molecule has 1 saturated heterocycles. The van der Waals surface area contributed by atoms with E-state index in [0.29, 0.717) is 23.7 Å². The second-order valence-corrected chi connectivity index (χ2v) is 11.2. The Labute approximate surface area is 233 Å². The van der Waals surface area contributed by atoms with E-state index in [1.165, 1.54) is 39.0 Å². The monoisotopic (exact) mass is 568 g/mol. The Morgan fingerprint density at radius 3 is 2.62 bits per heavy atom. The Kier molecular flexibility index (Phi) is 7.43. The maximum atomic E-state index is 13.9. The van der Waals surface area contributed by atoms with Crippen molar-refractivity contribution in [1.29, 1.82) is 0 Å². The molecule has 1 aliphatic heterocycles. The van der Waals surface area contributed by atoms with E-state index in [9.17, 15) is 23.9 Å². The highest BCUT2D eigenvalue weighted by molar-refractivity contribution is 7.15. The maximum Gasteiger partial charge on any atom is 0.302 e. The Bertz CT molecular complexity index is 1650. The van der Waals surface area contributed by atoms with Crippen molar-refractivity contribution < 1.29 is 23.8 Å². The van der Waals surface area contributed by atoms with E-state index in [1.54, 1.807) is 42.0 Å². The second-order valence-electron chi connectivity index (χ2n) is 10.1. The van der Waals surface area contributed by atoms with Crippen molar-refractivity contribution in [2.45, 2.75) is 39.0 Å². The van der Waals surface area contributed by atoms with Gasteiger partial charge >= 0.3 is 5.56 Å². The Morgan fingerprint density at radius 1 is 1.20 bits per heavy atom. The molecule has 0 aliphatic carbocycles. The lowest BCUT2D eigenvalue weighted by molar-refractivity contribution is -0.143. The smallest absolute Gasteiger partial charge is 0.302 e. The molecule has 13 heteroatoms. The molecule has 4 aromatic rings. The van der Waals surface area contributed by atoms with Gasteiger partial charge in [0.1, 0.15) is 17.4 Å². The summed E-state index contributed by atoms with van der Waals surface area (Å²) in [5.74, 6) is -1.35. The average Bonchev–Trinajstić information content (AvgIpc) is 3.53. The standard InChI is InChI=1S/C27H29FN6O5S/c1-15-12-33(13-16(2)39-15)21(35)14-32-7-8-34-26(38)23(36)22(30-27(32)34)24-29-11-19(40-24)9-17-5-6-18(28)10-20(17)25(37)31(3)4/h5-8,10-11,15-16,36H,9,12-14H2,1-4H3. The normalized spacial score (nSPS) is 17.4. The zero-order valence-electron chi connectivity index (χ0n) is 22.5. The fourth-order valence-electron chi connectivity index (χ4n) is 4.79. The fourth-order valence-corrected chi connectivity index (χ4v) is 5.72. The van der Waals surface area contributed by atoms with Crippen molar-refractivity contribution in [3.05, 3.63) is 69.0 Å². The van der Waals surface area contributed by atoms with Crippen LogP contribution in [-0.2, 0) is 22.5 Å². The largest absolute Gasteiger partial charge is 0.501 e. The van der Waals surface area contributed by atoms with Gasteiger partial charge in [-0.25, -0.2) is 18.8 Å². The molecular formula is C27H29FN6O5S. The number of thiazole rings is 1. The van der Waals surface area contributed by atoms with Crippen molar-refractivity contribution in [3.63, 3.8) is 0 Å². The topological polar surface area (TPSA) is 122 Å². The highest BCUT2D eigenvalue weighted by Gasteiger charge is 2.27. The highest BCUT2D eigenvalue weighted by Crippen LogP contribution is 2.31. The van der Waals surface area contributed by atoms with Gasteiger partial charge in [-0.1, -0.05) is 6.07 Å². The fraction of sp³-hybridized carbons (Fsp3) is 0.370. The SMILES string of the molecule is CC1CN(C(=O)Cn2ccn3c(=O)c(O)c(-c4ncc(Cc5ccc(F)cc5C(=O)N(C)C)s4)nc23)CC(C)O1. The van der Waals surface area contributed by atoms with Crippen molar-refractivity contribution in [2.75, 3.05) is 27.2 Å². The summed E-state index contributed by atoms with van der Waals surface area (Å²) >= 11 is 1.19. The number of ether oxygens (including phenoxy) is 1. The van der Waals surface area contributed by atoms with E-state index in [4.69, 9.17) is 4.74 Å². The van der Waals surface area contributed by atoms with Crippen LogP contribution in [0.5, 0.6) is 5.75 Å². The lowest BCUT2D eigenvalue weighted by Gasteiger charge is -2.35. The number of hydrogen-bond donors (Lipinski definition) is 1. The maximum absolute atomic E-state index is 13.9. The molecule has 5 rings (SSSR count). The van der Waals surface area contributed by atoms with E-state index < -0.39 is 17.1 Å². The van der Waals surface area contributed by atoms with E-state index in [2.05, 4.69) is 9.97 Å². The van der Waals surface area contributed by atoms with Crippen molar-refractivity contribution in [3.8, 4) is 16.5 Å². The summed E-state index contributed by atoms with van der Waals surface area (Å²) in [5, 5.41) is 11.0. The van der Waals surface area contributed by atoms with E-state index >= 15 is 0 Å². The van der Waals surface area contributed by atoms with Gasteiger partial charge in [0, 0.05) is 62.6 Å². The number of nitrogens with zero attached hydrogens (tertiary/aromatic N) is 6. The number of carbonyl (C=O) groups excluding carboxylic acids is 2. The van der Waals surface area contributed by atoms with Gasteiger partial charge in [-0.15, -0.1) is 11.3 Å². The summed E-state index contributed by atoms with van der Waals surface area (Å²) in [7, 11) is 3.19. The molecule has 0 bridgehead atoms. The molecule has 4 heterocycles. The molecule has 1 aromatic carbocycles. The van der Waals surface area contributed by atoms with Crippen LogP contribution in [0.15, 0.2) is 41.6 Å². The number of benzene rings is 1. The Hall–Kier alpha value is -4.10. The van der Waals surface area contributed by atoms with Crippen LogP contribution in [0.4, 0.5) is 4.39 Å². The molecule has 11 nitrogen and oxygen atoms in total.